The van der Waals surface area contributed by atoms with Crippen molar-refractivity contribution in [3.8, 4) is 0 Å². The first kappa shape index (κ1) is 12.4. The largest absolute Gasteiger partial charge is 0.459 e. The van der Waals surface area contributed by atoms with E-state index in [4.69, 9.17) is 15.6 Å². The SMILES string of the molecule is CC(C)(C)OC(=O)C(C)(CN)CO. The van der Waals surface area contributed by atoms with Crippen molar-refractivity contribution in [3.63, 3.8) is 0 Å². The number of carbonyl (C=O) groups excluding carboxylic acids is 1. The van der Waals surface area contributed by atoms with Crippen LogP contribution in [0.15, 0.2) is 0 Å². The lowest BCUT2D eigenvalue weighted by Crippen LogP contribution is -2.43. The summed E-state index contributed by atoms with van der Waals surface area (Å²) in [5, 5.41) is 8.97. The Morgan fingerprint density at radius 3 is 2.08 bits per heavy atom. The van der Waals surface area contributed by atoms with Crippen LogP contribution in [0.2, 0.25) is 0 Å². The highest BCUT2D eigenvalue weighted by Crippen LogP contribution is 2.19. The molecule has 0 saturated carbocycles. The molecule has 4 nitrogen and oxygen atoms in total. The average molecular weight is 189 g/mol. The molecular formula is C9H19NO3. The van der Waals surface area contributed by atoms with E-state index in [1.54, 1.807) is 27.7 Å². The van der Waals surface area contributed by atoms with Crippen molar-refractivity contribution in [2.75, 3.05) is 13.2 Å². The van der Waals surface area contributed by atoms with Crippen molar-refractivity contribution in [3.05, 3.63) is 0 Å². The summed E-state index contributed by atoms with van der Waals surface area (Å²) in [6, 6.07) is 0. The summed E-state index contributed by atoms with van der Waals surface area (Å²) in [5.41, 5.74) is 3.86. The van der Waals surface area contributed by atoms with E-state index in [2.05, 4.69) is 0 Å². The average Bonchev–Trinajstić information content (AvgIpc) is 2.00. The molecule has 0 aliphatic carbocycles. The Balaban J connectivity index is 4.41. The molecule has 0 radical (unpaired) electrons. The lowest BCUT2D eigenvalue weighted by Gasteiger charge is -2.28. The number of aliphatic hydroxyl groups excluding tert-OH is 1. The van der Waals surface area contributed by atoms with Crippen LogP contribution < -0.4 is 5.73 Å². The highest BCUT2D eigenvalue weighted by molar-refractivity contribution is 5.77. The second kappa shape index (κ2) is 4.07. The maximum Gasteiger partial charge on any atom is 0.315 e. The number of carbonyl (C=O) groups is 1. The van der Waals surface area contributed by atoms with Gasteiger partial charge in [0.2, 0.25) is 0 Å². The van der Waals surface area contributed by atoms with Crippen molar-refractivity contribution < 1.29 is 14.6 Å². The molecule has 13 heavy (non-hydrogen) atoms. The molecule has 0 spiro atoms. The Morgan fingerprint density at radius 1 is 1.38 bits per heavy atom. The fourth-order valence-electron chi connectivity index (χ4n) is 0.614. The van der Waals surface area contributed by atoms with E-state index in [1.807, 2.05) is 0 Å². The van der Waals surface area contributed by atoms with Crippen LogP contribution in [0.5, 0.6) is 0 Å². The van der Waals surface area contributed by atoms with Crippen LogP contribution in [0, 0.1) is 5.41 Å². The van der Waals surface area contributed by atoms with Crippen LogP contribution in [0.25, 0.3) is 0 Å². The fraction of sp³-hybridized carbons (Fsp3) is 0.889. The van der Waals surface area contributed by atoms with E-state index in [0.717, 1.165) is 0 Å². The molecule has 0 fully saturated rings. The number of ether oxygens (including phenoxy) is 1. The summed E-state index contributed by atoms with van der Waals surface area (Å²) in [6.07, 6.45) is 0. The standard InChI is InChI=1S/C9H19NO3/c1-8(2,3)13-7(12)9(4,5-10)6-11/h11H,5-6,10H2,1-4H3. The van der Waals surface area contributed by atoms with Crippen LogP contribution in [0.3, 0.4) is 0 Å². The summed E-state index contributed by atoms with van der Waals surface area (Å²) in [4.78, 5) is 11.5. The lowest BCUT2D eigenvalue weighted by atomic mass is 9.92. The van der Waals surface area contributed by atoms with Crippen molar-refractivity contribution in [1.29, 1.82) is 0 Å². The normalized spacial score (nSPS) is 16.5. The third-order valence-electron chi connectivity index (χ3n) is 1.69. The van der Waals surface area contributed by atoms with Gasteiger partial charge in [-0.05, 0) is 27.7 Å². The third-order valence-corrected chi connectivity index (χ3v) is 1.69. The predicted octanol–water partition coefficient (Wildman–Crippen LogP) is 0.285. The van der Waals surface area contributed by atoms with Gasteiger partial charge in [0.1, 0.15) is 11.0 Å². The van der Waals surface area contributed by atoms with Gasteiger partial charge in [0.25, 0.3) is 0 Å². The zero-order valence-electron chi connectivity index (χ0n) is 8.76. The predicted molar refractivity (Wildman–Crippen MR) is 50.1 cm³/mol. The first-order valence-corrected chi connectivity index (χ1v) is 4.29. The molecule has 0 aliphatic rings. The second-order valence-electron chi connectivity index (χ2n) is 4.42. The monoisotopic (exact) mass is 189 g/mol. The number of rotatable bonds is 3. The molecule has 78 valence electrons. The van der Waals surface area contributed by atoms with Gasteiger partial charge in [0.15, 0.2) is 0 Å². The van der Waals surface area contributed by atoms with Crippen molar-refractivity contribution >= 4 is 5.97 Å². The zero-order valence-corrected chi connectivity index (χ0v) is 8.76. The molecule has 0 aliphatic heterocycles. The summed E-state index contributed by atoms with van der Waals surface area (Å²) in [5.74, 6) is -0.454. The molecule has 0 heterocycles. The molecule has 0 saturated heterocycles. The van der Waals surface area contributed by atoms with Gasteiger partial charge in [-0.15, -0.1) is 0 Å². The van der Waals surface area contributed by atoms with E-state index in [9.17, 15) is 4.79 Å². The van der Waals surface area contributed by atoms with Gasteiger partial charge in [-0.3, -0.25) is 4.79 Å². The highest BCUT2D eigenvalue weighted by atomic mass is 16.6. The molecule has 1 unspecified atom stereocenters. The Hall–Kier alpha value is -0.610. The van der Waals surface area contributed by atoms with Gasteiger partial charge >= 0.3 is 5.97 Å². The second-order valence-corrected chi connectivity index (χ2v) is 4.42. The number of esters is 1. The molecule has 3 N–H and O–H groups in total. The Morgan fingerprint density at radius 2 is 1.85 bits per heavy atom. The van der Waals surface area contributed by atoms with Crippen LogP contribution in [0.1, 0.15) is 27.7 Å². The molecule has 0 aromatic heterocycles. The summed E-state index contributed by atoms with van der Waals surface area (Å²) in [6.45, 7) is 6.70. The molecule has 0 aromatic carbocycles. The first-order valence-electron chi connectivity index (χ1n) is 4.29. The maximum atomic E-state index is 11.5. The number of nitrogens with two attached hydrogens (primary N) is 1. The quantitative estimate of drug-likeness (QED) is 0.626. The lowest BCUT2D eigenvalue weighted by molar-refractivity contribution is -0.168. The molecule has 0 rings (SSSR count). The van der Waals surface area contributed by atoms with E-state index in [1.165, 1.54) is 0 Å². The maximum absolute atomic E-state index is 11.5. The topological polar surface area (TPSA) is 72.5 Å². The van der Waals surface area contributed by atoms with Gasteiger partial charge < -0.3 is 15.6 Å². The number of hydrogen-bond donors (Lipinski definition) is 2. The number of hydrogen-bond acceptors (Lipinski definition) is 4. The van der Waals surface area contributed by atoms with E-state index >= 15 is 0 Å². The van der Waals surface area contributed by atoms with E-state index in [0.29, 0.717) is 0 Å². The first-order chi connectivity index (χ1) is 5.75. The van der Waals surface area contributed by atoms with Crippen LogP contribution >= 0.6 is 0 Å². The molecular weight excluding hydrogens is 170 g/mol. The van der Waals surface area contributed by atoms with Crippen LogP contribution in [-0.4, -0.2) is 29.8 Å². The number of aliphatic hydroxyl groups is 1. The molecule has 0 aromatic rings. The van der Waals surface area contributed by atoms with Crippen LogP contribution in [0.4, 0.5) is 0 Å². The molecule has 4 heteroatoms. The highest BCUT2D eigenvalue weighted by Gasteiger charge is 2.35. The summed E-state index contributed by atoms with van der Waals surface area (Å²) >= 11 is 0. The zero-order chi connectivity index (χ0) is 10.7. The minimum absolute atomic E-state index is 0.0818. The van der Waals surface area contributed by atoms with Crippen LogP contribution in [-0.2, 0) is 9.53 Å². The van der Waals surface area contributed by atoms with Crippen molar-refractivity contribution in [1.82, 2.24) is 0 Å². The molecule has 0 amide bonds. The Labute approximate surface area is 79.1 Å². The van der Waals surface area contributed by atoms with Gasteiger partial charge in [-0.25, -0.2) is 0 Å². The van der Waals surface area contributed by atoms with Crippen molar-refractivity contribution in [2.45, 2.75) is 33.3 Å². The van der Waals surface area contributed by atoms with Gasteiger partial charge in [-0.2, -0.15) is 0 Å². The minimum Gasteiger partial charge on any atom is -0.459 e. The Bertz CT molecular complexity index is 180. The third kappa shape index (κ3) is 3.74. The van der Waals surface area contributed by atoms with Gasteiger partial charge in [0, 0.05) is 6.54 Å². The van der Waals surface area contributed by atoms with Gasteiger partial charge in [0.05, 0.1) is 6.61 Å². The van der Waals surface area contributed by atoms with Crippen molar-refractivity contribution in [2.24, 2.45) is 11.1 Å². The smallest absolute Gasteiger partial charge is 0.315 e. The summed E-state index contributed by atoms with van der Waals surface area (Å²) < 4.78 is 5.11. The summed E-state index contributed by atoms with van der Waals surface area (Å²) in [7, 11) is 0. The molecule has 1 atom stereocenters. The van der Waals surface area contributed by atoms with Gasteiger partial charge in [-0.1, -0.05) is 0 Å². The van der Waals surface area contributed by atoms with E-state index in [-0.39, 0.29) is 13.2 Å². The van der Waals surface area contributed by atoms with E-state index < -0.39 is 17.0 Å². The fourth-order valence-corrected chi connectivity index (χ4v) is 0.614. The molecule has 0 bridgehead atoms. The minimum atomic E-state index is -0.979. The Kier molecular flexibility index (Phi) is 3.88.